The fourth-order valence-corrected chi connectivity index (χ4v) is 6.15. The van der Waals surface area contributed by atoms with Crippen LogP contribution < -0.4 is 14.8 Å². The third kappa shape index (κ3) is 5.45. The number of sulfonamides is 1. The van der Waals surface area contributed by atoms with Crippen LogP contribution in [-0.2, 0) is 37.3 Å². The molecule has 3 aromatic carbocycles. The zero-order valence-electron chi connectivity index (χ0n) is 20.0. The number of carbonyl (C=O) groups is 2. The maximum absolute atomic E-state index is 13.4. The molecule has 5 rings (SSSR count). The predicted octanol–water partition coefficient (Wildman–Crippen LogP) is 2.95. The van der Waals surface area contributed by atoms with Crippen molar-refractivity contribution in [1.29, 1.82) is 0 Å². The van der Waals surface area contributed by atoms with E-state index in [1.165, 1.54) is 16.4 Å². The summed E-state index contributed by atoms with van der Waals surface area (Å²) in [7, 11) is -3.85. The number of ether oxygens (including phenoxy) is 3. The highest BCUT2D eigenvalue weighted by Crippen LogP contribution is 2.36. The van der Waals surface area contributed by atoms with Crippen LogP contribution in [0.4, 0.5) is 0 Å². The summed E-state index contributed by atoms with van der Waals surface area (Å²) in [5.41, 5.74) is 2.56. The first kappa shape index (κ1) is 24.8. The van der Waals surface area contributed by atoms with E-state index in [1.54, 1.807) is 30.3 Å². The molecule has 37 heavy (non-hydrogen) atoms. The highest BCUT2D eigenvalue weighted by molar-refractivity contribution is 7.89. The standard InChI is InChI=1S/C27H26N2O7S/c30-26(28-16-19-10-11-24-25(14-19)36-18-35-24)17-34-27(31)15-23-22-9-5-4-6-20(22)12-13-29(23)37(32,33)21-7-2-1-3-8-21/h1-11,14,23H,12-13,15-18H2,(H,28,30). The molecule has 0 bridgehead atoms. The summed E-state index contributed by atoms with van der Waals surface area (Å²) in [4.78, 5) is 25.2. The van der Waals surface area contributed by atoms with Crippen LogP contribution in [0.5, 0.6) is 11.5 Å². The van der Waals surface area contributed by atoms with Crippen molar-refractivity contribution in [3.8, 4) is 11.5 Å². The number of carbonyl (C=O) groups excluding carboxylic acids is 2. The molecule has 0 saturated heterocycles. The van der Waals surface area contributed by atoms with Crippen LogP contribution >= 0.6 is 0 Å². The van der Waals surface area contributed by atoms with Gasteiger partial charge < -0.3 is 19.5 Å². The Balaban J connectivity index is 1.23. The number of amides is 1. The molecular formula is C27H26N2O7S. The SMILES string of the molecule is O=C(COC(=O)CC1c2ccccc2CCN1S(=O)(=O)c1ccccc1)NCc1ccc2c(c1)OCO2. The summed E-state index contributed by atoms with van der Waals surface area (Å²) < 4.78 is 44.1. The van der Waals surface area contributed by atoms with Gasteiger partial charge in [-0.2, -0.15) is 4.31 Å². The van der Waals surface area contributed by atoms with Crippen LogP contribution in [0.25, 0.3) is 0 Å². The van der Waals surface area contributed by atoms with E-state index in [-0.39, 0.29) is 31.2 Å². The van der Waals surface area contributed by atoms with Gasteiger partial charge in [0.05, 0.1) is 17.4 Å². The molecule has 0 radical (unpaired) electrons. The van der Waals surface area contributed by atoms with Crippen molar-refractivity contribution in [2.24, 2.45) is 0 Å². The van der Waals surface area contributed by atoms with E-state index in [0.717, 1.165) is 16.7 Å². The van der Waals surface area contributed by atoms with Gasteiger partial charge in [-0.25, -0.2) is 8.42 Å². The van der Waals surface area contributed by atoms with E-state index in [0.29, 0.717) is 17.9 Å². The van der Waals surface area contributed by atoms with Crippen molar-refractivity contribution in [1.82, 2.24) is 9.62 Å². The molecule has 1 amide bonds. The fraction of sp³-hybridized carbons (Fsp3) is 0.259. The lowest BCUT2D eigenvalue weighted by atomic mass is 9.92. The lowest BCUT2D eigenvalue weighted by molar-refractivity contribution is -0.149. The molecule has 0 spiro atoms. The lowest BCUT2D eigenvalue weighted by Gasteiger charge is -2.36. The number of esters is 1. The van der Waals surface area contributed by atoms with Gasteiger partial charge in [-0.1, -0.05) is 48.5 Å². The minimum absolute atomic E-state index is 0.163. The number of fused-ring (bicyclic) bond motifs is 2. The lowest BCUT2D eigenvalue weighted by Crippen LogP contribution is -2.41. The van der Waals surface area contributed by atoms with Crippen molar-refractivity contribution < 1.29 is 32.2 Å². The number of rotatable bonds is 8. The molecule has 2 aliphatic rings. The minimum Gasteiger partial charge on any atom is -0.456 e. The number of hydrogen-bond acceptors (Lipinski definition) is 7. The maximum atomic E-state index is 13.4. The molecule has 0 aromatic heterocycles. The van der Waals surface area contributed by atoms with Gasteiger partial charge in [-0.15, -0.1) is 0 Å². The van der Waals surface area contributed by atoms with E-state index in [9.17, 15) is 18.0 Å². The highest BCUT2D eigenvalue weighted by atomic mass is 32.2. The van der Waals surface area contributed by atoms with Gasteiger partial charge in [-0.3, -0.25) is 9.59 Å². The molecule has 1 atom stereocenters. The smallest absolute Gasteiger partial charge is 0.308 e. The largest absolute Gasteiger partial charge is 0.456 e. The molecule has 1 unspecified atom stereocenters. The molecule has 2 heterocycles. The zero-order chi connectivity index (χ0) is 25.8. The second kappa shape index (κ2) is 10.6. The van der Waals surface area contributed by atoms with Crippen LogP contribution in [0, 0.1) is 0 Å². The quantitative estimate of drug-likeness (QED) is 0.453. The Hall–Kier alpha value is -3.89. The monoisotopic (exact) mass is 522 g/mol. The van der Waals surface area contributed by atoms with Gasteiger partial charge in [0, 0.05) is 13.1 Å². The summed E-state index contributed by atoms with van der Waals surface area (Å²) in [5, 5.41) is 2.70. The first-order valence-electron chi connectivity index (χ1n) is 11.9. The van der Waals surface area contributed by atoms with Crippen molar-refractivity contribution in [3.63, 3.8) is 0 Å². The summed E-state index contributed by atoms with van der Waals surface area (Å²) in [6.45, 7) is 0.161. The number of hydrogen-bond donors (Lipinski definition) is 1. The Morgan fingerprint density at radius 2 is 1.73 bits per heavy atom. The molecule has 0 saturated carbocycles. The first-order chi connectivity index (χ1) is 17.9. The van der Waals surface area contributed by atoms with E-state index < -0.39 is 34.5 Å². The van der Waals surface area contributed by atoms with Crippen molar-refractivity contribution in [2.75, 3.05) is 19.9 Å². The van der Waals surface area contributed by atoms with E-state index in [2.05, 4.69) is 5.32 Å². The second-order valence-electron chi connectivity index (χ2n) is 8.72. The Bertz CT molecular complexity index is 1410. The molecule has 0 fully saturated rings. The van der Waals surface area contributed by atoms with Crippen LogP contribution in [0.2, 0.25) is 0 Å². The highest BCUT2D eigenvalue weighted by Gasteiger charge is 2.37. The van der Waals surface area contributed by atoms with Crippen LogP contribution in [0.1, 0.15) is 29.2 Å². The first-order valence-corrected chi connectivity index (χ1v) is 13.3. The van der Waals surface area contributed by atoms with Gasteiger partial charge in [0.2, 0.25) is 16.8 Å². The maximum Gasteiger partial charge on any atom is 0.308 e. The van der Waals surface area contributed by atoms with Crippen molar-refractivity contribution in [3.05, 3.63) is 89.5 Å². The van der Waals surface area contributed by atoms with Crippen molar-refractivity contribution in [2.45, 2.75) is 30.3 Å². The van der Waals surface area contributed by atoms with Crippen molar-refractivity contribution >= 4 is 21.9 Å². The van der Waals surface area contributed by atoms with E-state index >= 15 is 0 Å². The topological polar surface area (TPSA) is 111 Å². The Kier molecular flexibility index (Phi) is 7.11. The Morgan fingerprint density at radius 3 is 2.57 bits per heavy atom. The normalized spacial score (nSPS) is 16.6. The number of benzene rings is 3. The second-order valence-corrected chi connectivity index (χ2v) is 10.6. The minimum atomic E-state index is -3.85. The summed E-state index contributed by atoms with van der Waals surface area (Å²) in [5.74, 6) is 0.134. The fourth-order valence-electron chi connectivity index (χ4n) is 4.52. The van der Waals surface area contributed by atoms with Gasteiger partial charge in [0.1, 0.15) is 0 Å². The molecule has 10 heteroatoms. The molecule has 2 aliphatic heterocycles. The summed E-state index contributed by atoms with van der Waals surface area (Å²) >= 11 is 0. The molecule has 3 aromatic rings. The van der Waals surface area contributed by atoms with Gasteiger partial charge in [-0.05, 0) is 47.4 Å². The van der Waals surface area contributed by atoms with Crippen LogP contribution in [0.3, 0.4) is 0 Å². The molecule has 192 valence electrons. The van der Waals surface area contributed by atoms with E-state index in [4.69, 9.17) is 14.2 Å². The average Bonchev–Trinajstić information content (AvgIpc) is 3.39. The van der Waals surface area contributed by atoms with Gasteiger partial charge >= 0.3 is 5.97 Å². The average molecular weight is 523 g/mol. The Labute approximate surface area is 215 Å². The Morgan fingerprint density at radius 1 is 0.973 bits per heavy atom. The van der Waals surface area contributed by atoms with Crippen LogP contribution in [0.15, 0.2) is 77.7 Å². The zero-order valence-corrected chi connectivity index (χ0v) is 20.8. The summed E-state index contributed by atoms with van der Waals surface area (Å²) in [6, 6.07) is 20.2. The van der Waals surface area contributed by atoms with E-state index in [1.807, 2.05) is 30.3 Å². The van der Waals surface area contributed by atoms with Crippen LogP contribution in [-0.4, -0.2) is 44.5 Å². The number of nitrogens with one attached hydrogen (secondary N) is 1. The third-order valence-electron chi connectivity index (χ3n) is 6.36. The third-order valence-corrected chi connectivity index (χ3v) is 8.29. The molecular weight excluding hydrogens is 496 g/mol. The predicted molar refractivity (Wildman–Crippen MR) is 133 cm³/mol. The summed E-state index contributed by atoms with van der Waals surface area (Å²) in [6.07, 6.45) is 0.328. The molecule has 9 nitrogen and oxygen atoms in total. The number of nitrogens with zero attached hydrogens (tertiary/aromatic N) is 1. The molecule has 1 N–H and O–H groups in total. The molecule has 0 aliphatic carbocycles. The van der Waals surface area contributed by atoms with Gasteiger partial charge in [0.15, 0.2) is 18.1 Å². The van der Waals surface area contributed by atoms with Gasteiger partial charge in [0.25, 0.3) is 5.91 Å².